The van der Waals surface area contributed by atoms with Gasteiger partial charge >= 0.3 is 11.9 Å². The summed E-state index contributed by atoms with van der Waals surface area (Å²) in [6.45, 7) is 1.94. The topological polar surface area (TPSA) is 63.6 Å². The van der Waals surface area contributed by atoms with E-state index in [1.54, 1.807) is 6.92 Å². The Kier molecular flexibility index (Phi) is 4.96. The molecule has 0 radical (unpaired) electrons. The van der Waals surface area contributed by atoms with Crippen LogP contribution in [0.1, 0.15) is 22.8 Å². The van der Waals surface area contributed by atoms with Gasteiger partial charge in [-0.3, -0.25) is 4.79 Å². The van der Waals surface area contributed by atoms with Gasteiger partial charge in [0.25, 0.3) is 0 Å². The van der Waals surface area contributed by atoms with Crippen molar-refractivity contribution in [1.29, 1.82) is 0 Å². The molecule has 0 aliphatic rings. The molecule has 92 valence electrons. The van der Waals surface area contributed by atoms with Gasteiger partial charge in [-0.2, -0.15) is 0 Å². The van der Waals surface area contributed by atoms with Gasteiger partial charge in [-0.15, -0.1) is 0 Å². The van der Waals surface area contributed by atoms with Gasteiger partial charge in [-0.25, -0.2) is 4.79 Å². The predicted molar refractivity (Wildman–Crippen MR) is 66.4 cm³/mol. The van der Waals surface area contributed by atoms with Crippen LogP contribution in [0.5, 0.6) is 0 Å². The van der Waals surface area contributed by atoms with E-state index < -0.39 is 11.9 Å². The van der Waals surface area contributed by atoms with E-state index in [-0.39, 0.29) is 18.6 Å². The molecule has 0 saturated carbocycles. The highest BCUT2D eigenvalue weighted by Crippen LogP contribution is 2.27. The molecular formula is C11H10BrClO4. The van der Waals surface area contributed by atoms with Crippen molar-refractivity contribution in [2.24, 2.45) is 0 Å². The molecule has 1 aromatic rings. The third-order valence-corrected chi connectivity index (χ3v) is 3.21. The highest BCUT2D eigenvalue weighted by molar-refractivity contribution is 9.10. The Morgan fingerprint density at radius 3 is 2.65 bits per heavy atom. The van der Waals surface area contributed by atoms with E-state index in [0.29, 0.717) is 15.1 Å². The third-order valence-electron chi connectivity index (χ3n) is 2.02. The lowest BCUT2D eigenvalue weighted by atomic mass is 10.0. The minimum Gasteiger partial charge on any atom is -0.478 e. The number of aromatic carboxylic acids is 1. The first-order chi connectivity index (χ1) is 7.95. The summed E-state index contributed by atoms with van der Waals surface area (Å²) < 4.78 is 5.24. The van der Waals surface area contributed by atoms with E-state index >= 15 is 0 Å². The summed E-state index contributed by atoms with van der Waals surface area (Å²) >= 11 is 8.99. The molecule has 0 aliphatic heterocycles. The average Bonchev–Trinajstić information content (AvgIpc) is 2.23. The van der Waals surface area contributed by atoms with Crippen LogP contribution < -0.4 is 0 Å². The van der Waals surface area contributed by atoms with E-state index in [1.165, 1.54) is 12.1 Å². The fraction of sp³-hybridized carbons (Fsp3) is 0.273. The highest BCUT2D eigenvalue weighted by atomic mass is 79.9. The van der Waals surface area contributed by atoms with Gasteiger partial charge in [0.05, 0.1) is 23.6 Å². The van der Waals surface area contributed by atoms with Crippen LogP contribution in [0.3, 0.4) is 0 Å². The number of rotatable bonds is 4. The SMILES string of the molecule is CCOC(=O)Cc1cc(Cl)c(Br)cc1C(=O)O. The van der Waals surface area contributed by atoms with E-state index in [4.69, 9.17) is 21.4 Å². The van der Waals surface area contributed by atoms with Crippen molar-refractivity contribution in [2.75, 3.05) is 6.61 Å². The van der Waals surface area contributed by atoms with E-state index in [2.05, 4.69) is 15.9 Å². The van der Waals surface area contributed by atoms with E-state index in [0.717, 1.165) is 0 Å². The van der Waals surface area contributed by atoms with Gasteiger partial charge in [0, 0.05) is 4.47 Å². The van der Waals surface area contributed by atoms with Gasteiger partial charge in [0.15, 0.2) is 0 Å². The molecule has 0 aromatic heterocycles. The van der Waals surface area contributed by atoms with E-state index in [9.17, 15) is 9.59 Å². The zero-order valence-electron chi connectivity index (χ0n) is 9.00. The van der Waals surface area contributed by atoms with Crippen LogP contribution >= 0.6 is 27.5 Å². The van der Waals surface area contributed by atoms with Gasteiger partial charge < -0.3 is 9.84 Å². The maximum Gasteiger partial charge on any atom is 0.336 e. The Labute approximate surface area is 112 Å². The lowest BCUT2D eigenvalue weighted by Crippen LogP contribution is -2.11. The number of carboxylic acid groups (broad SMARTS) is 1. The number of carboxylic acids is 1. The van der Waals surface area contributed by atoms with Crippen molar-refractivity contribution in [1.82, 2.24) is 0 Å². The zero-order valence-corrected chi connectivity index (χ0v) is 11.3. The average molecular weight is 322 g/mol. The van der Waals surface area contributed by atoms with Gasteiger partial charge in [-0.05, 0) is 40.5 Å². The lowest BCUT2D eigenvalue weighted by Gasteiger charge is -2.07. The lowest BCUT2D eigenvalue weighted by molar-refractivity contribution is -0.142. The molecule has 1 aromatic carbocycles. The first-order valence-corrected chi connectivity index (χ1v) is 5.99. The Balaban J connectivity index is 3.08. The van der Waals surface area contributed by atoms with Gasteiger partial charge in [-0.1, -0.05) is 11.6 Å². The second kappa shape index (κ2) is 6.02. The molecule has 17 heavy (non-hydrogen) atoms. The van der Waals surface area contributed by atoms with Crippen LogP contribution in [0.15, 0.2) is 16.6 Å². The molecular weight excluding hydrogens is 311 g/mol. The second-order valence-corrected chi connectivity index (χ2v) is 4.47. The van der Waals surface area contributed by atoms with Crippen molar-refractivity contribution < 1.29 is 19.4 Å². The summed E-state index contributed by atoms with van der Waals surface area (Å²) in [5.74, 6) is -1.59. The van der Waals surface area contributed by atoms with Crippen LogP contribution in [0.25, 0.3) is 0 Å². The fourth-order valence-corrected chi connectivity index (χ4v) is 1.83. The minimum absolute atomic E-state index is 0.0364. The van der Waals surface area contributed by atoms with Crippen LogP contribution in [0.4, 0.5) is 0 Å². The molecule has 0 heterocycles. The number of carbonyl (C=O) groups is 2. The highest BCUT2D eigenvalue weighted by Gasteiger charge is 2.16. The Hall–Kier alpha value is -1.07. The maximum absolute atomic E-state index is 11.3. The van der Waals surface area contributed by atoms with Gasteiger partial charge in [0.1, 0.15) is 0 Å². The molecule has 1 N–H and O–H groups in total. The third kappa shape index (κ3) is 3.71. The Morgan fingerprint density at radius 2 is 2.12 bits per heavy atom. The number of halogens is 2. The molecule has 0 amide bonds. The van der Waals surface area contributed by atoms with Crippen molar-refractivity contribution in [2.45, 2.75) is 13.3 Å². The number of hydrogen-bond acceptors (Lipinski definition) is 3. The number of ether oxygens (including phenoxy) is 1. The zero-order chi connectivity index (χ0) is 13.0. The standard InChI is InChI=1S/C11H10BrClO4/c1-2-17-10(14)4-6-3-9(13)8(12)5-7(6)11(15)16/h3,5H,2,4H2,1H3,(H,15,16). The van der Waals surface area contributed by atoms with Crippen LogP contribution in [-0.4, -0.2) is 23.7 Å². The molecule has 4 nitrogen and oxygen atoms in total. The molecule has 0 spiro atoms. The molecule has 1 rings (SSSR count). The first kappa shape index (κ1) is 14.0. The fourth-order valence-electron chi connectivity index (χ4n) is 1.30. The summed E-state index contributed by atoms with van der Waals surface area (Å²) in [6.07, 6.45) is -0.109. The maximum atomic E-state index is 11.3. The Bertz CT molecular complexity index is 459. The summed E-state index contributed by atoms with van der Waals surface area (Å²) in [4.78, 5) is 22.3. The summed E-state index contributed by atoms with van der Waals surface area (Å²) in [7, 11) is 0. The summed E-state index contributed by atoms with van der Waals surface area (Å²) in [5, 5.41) is 9.36. The first-order valence-electron chi connectivity index (χ1n) is 4.82. The second-order valence-electron chi connectivity index (χ2n) is 3.21. The molecule has 6 heteroatoms. The molecule has 0 bridgehead atoms. The largest absolute Gasteiger partial charge is 0.478 e. The van der Waals surface area contributed by atoms with Crippen molar-refractivity contribution in [3.8, 4) is 0 Å². The molecule has 0 atom stereocenters. The van der Waals surface area contributed by atoms with Crippen LogP contribution in [0, 0.1) is 0 Å². The van der Waals surface area contributed by atoms with E-state index in [1.807, 2.05) is 0 Å². The number of carbonyl (C=O) groups excluding carboxylic acids is 1. The summed E-state index contributed by atoms with van der Waals surface area (Å²) in [5.41, 5.74) is 0.374. The number of benzene rings is 1. The quantitative estimate of drug-likeness (QED) is 0.866. The van der Waals surface area contributed by atoms with Crippen molar-refractivity contribution >= 4 is 39.5 Å². The predicted octanol–water partition coefficient (Wildman–Crippen LogP) is 2.91. The summed E-state index contributed by atoms with van der Waals surface area (Å²) in [6, 6.07) is 2.82. The molecule has 0 saturated heterocycles. The van der Waals surface area contributed by atoms with Crippen molar-refractivity contribution in [3.05, 3.63) is 32.8 Å². The molecule has 0 fully saturated rings. The minimum atomic E-state index is -1.11. The smallest absolute Gasteiger partial charge is 0.336 e. The number of esters is 1. The van der Waals surface area contributed by atoms with Crippen LogP contribution in [-0.2, 0) is 16.0 Å². The van der Waals surface area contributed by atoms with Crippen LogP contribution in [0.2, 0.25) is 5.02 Å². The molecule has 0 unspecified atom stereocenters. The molecule has 0 aliphatic carbocycles. The normalized spacial score (nSPS) is 10.1. The Morgan fingerprint density at radius 1 is 1.47 bits per heavy atom. The van der Waals surface area contributed by atoms with Gasteiger partial charge in [0.2, 0.25) is 0 Å². The van der Waals surface area contributed by atoms with Crippen molar-refractivity contribution in [3.63, 3.8) is 0 Å². The monoisotopic (exact) mass is 320 g/mol. The number of hydrogen-bond donors (Lipinski definition) is 1.